The lowest BCUT2D eigenvalue weighted by molar-refractivity contribution is -0.197. The fourth-order valence-electron chi connectivity index (χ4n) is 11.2. The van der Waals surface area contributed by atoms with Crippen LogP contribution >= 0.6 is 21.6 Å². The van der Waals surface area contributed by atoms with Crippen LogP contribution in [0.5, 0.6) is 17.2 Å². The molecule has 0 aliphatic carbocycles. The minimum Gasteiger partial charge on any atom is -0.493 e. The van der Waals surface area contributed by atoms with Gasteiger partial charge in [0.2, 0.25) is 5.91 Å². The molecule has 0 bridgehead atoms. The summed E-state index contributed by atoms with van der Waals surface area (Å²) in [6, 6.07) is 29.1. The highest BCUT2D eigenvalue weighted by Gasteiger charge is 2.39. The summed E-state index contributed by atoms with van der Waals surface area (Å²) >= 11 is 0. The Morgan fingerprint density at radius 3 is 2.10 bits per heavy atom. The number of hydrogen-bond donors (Lipinski definition) is 0. The van der Waals surface area contributed by atoms with Gasteiger partial charge in [-0.2, -0.15) is 0 Å². The molecule has 0 aromatic heterocycles. The molecular weight excluding hydrogens is 1110 g/mol. The Morgan fingerprint density at radius 2 is 1.37 bits per heavy atom. The molecule has 1 fully saturated rings. The number of methoxy groups -OCH3 is 2. The lowest BCUT2D eigenvalue weighted by Crippen LogP contribution is -2.37. The van der Waals surface area contributed by atoms with Crippen molar-refractivity contribution < 1.29 is 62.0 Å². The van der Waals surface area contributed by atoms with Gasteiger partial charge in [0.15, 0.2) is 11.5 Å². The zero-order valence-electron chi connectivity index (χ0n) is 48.2. The Morgan fingerprint density at radius 1 is 0.702 bits per heavy atom. The van der Waals surface area contributed by atoms with Crippen LogP contribution < -0.4 is 28.9 Å². The van der Waals surface area contributed by atoms with Gasteiger partial charge < -0.3 is 43.1 Å². The molecule has 20 heteroatoms. The Kier molecular flexibility index (Phi) is 19.4. The number of benzene rings is 5. The van der Waals surface area contributed by atoms with E-state index in [1.54, 1.807) is 50.6 Å². The summed E-state index contributed by atoms with van der Waals surface area (Å²) < 4.78 is 35.7. The van der Waals surface area contributed by atoms with E-state index in [1.165, 1.54) is 12.7 Å². The van der Waals surface area contributed by atoms with Crippen LogP contribution in [-0.4, -0.2) is 123 Å². The number of amides is 5. The van der Waals surface area contributed by atoms with Crippen LogP contribution in [0, 0.1) is 6.92 Å². The summed E-state index contributed by atoms with van der Waals surface area (Å²) in [6.07, 6.45) is 6.15. The molecule has 84 heavy (non-hydrogen) atoms. The van der Waals surface area contributed by atoms with Gasteiger partial charge in [-0.25, -0.2) is 4.79 Å². The third-order valence-corrected chi connectivity index (χ3v) is 19.0. The molecule has 5 aliphatic rings. The van der Waals surface area contributed by atoms with Crippen molar-refractivity contribution in [2.24, 2.45) is 4.99 Å². The number of imide groups is 1. The quantitative estimate of drug-likeness (QED) is 0.0274. The molecule has 0 spiro atoms. The van der Waals surface area contributed by atoms with E-state index in [4.69, 9.17) is 38.3 Å². The number of aliphatic imine (C=N–C) groups is 1. The maximum atomic E-state index is 14.8. The van der Waals surface area contributed by atoms with E-state index in [0.29, 0.717) is 96.3 Å². The minimum absolute atomic E-state index is 0.000873. The third kappa shape index (κ3) is 14.0. The number of hydroxylamine groups is 2. The van der Waals surface area contributed by atoms with Gasteiger partial charge >= 0.3 is 5.97 Å². The van der Waals surface area contributed by atoms with Crippen LogP contribution in [0.1, 0.15) is 113 Å². The van der Waals surface area contributed by atoms with Gasteiger partial charge in [-0.3, -0.25) is 33.9 Å². The van der Waals surface area contributed by atoms with E-state index in [1.807, 2.05) is 90.8 Å². The number of fused-ring (bicyclic) bond motifs is 8. The second-order valence-electron chi connectivity index (χ2n) is 22.0. The normalized spacial score (nSPS) is 16.8. The zero-order chi connectivity index (χ0) is 58.9. The molecule has 0 radical (unpaired) electrons. The SMILES string of the molecule is COCCOCCOCCN(C(=O)CCC(C)(C)SSCCCC(=O)ON1C(=O)CCC1=O)c1cc(COc2cc3c(cc2C)C(=O)N2c4ccccc4CC2CC3)cc(COc2cc3c(cc2OC)C(=O)N2c4ccccc4C[C@H]2C=N3)c1. The maximum absolute atomic E-state index is 14.8. The standard InChI is InChI=1S/C64H71N5O13S2/c1-41-29-50-44(16-17-47-33-45-11-6-8-13-53(45)67(47)62(50)74)35-55(41)80-39-42-30-43(40-81-57-37-52-51(36-56(57)77-5)63(75)68-49(38-65-52)34-46-12-7-9-14-54(46)68)32-48(31-42)66(22-23-78-26-27-79-25-24-76-4)58(70)20-21-64(2,3)84-83-28-10-15-61(73)82-69-59(71)18-19-60(69)72/h6-9,11-14,29-32,35-38,47,49H,10,15-28,33-34,39-40H2,1-5H3/t47?,49-/m0/s1. The van der Waals surface area contributed by atoms with Crippen molar-refractivity contribution in [1.29, 1.82) is 0 Å². The first-order valence-corrected chi connectivity index (χ1v) is 30.9. The second kappa shape index (κ2) is 27.2. The molecule has 1 saturated heterocycles. The van der Waals surface area contributed by atoms with Crippen molar-refractivity contribution >= 4 is 86.1 Å². The highest BCUT2D eigenvalue weighted by atomic mass is 33.1. The predicted molar refractivity (Wildman–Crippen MR) is 323 cm³/mol. The largest absolute Gasteiger partial charge is 0.493 e. The summed E-state index contributed by atoms with van der Waals surface area (Å²) in [5.74, 6) is 0.0371. The maximum Gasteiger partial charge on any atom is 0.333 e. The molecule has 10 rings (SSSR count). The van der Waals surface area contributed by atoms with Gasteiger partial charge in [0.25, 0.3) is 23.6 Å². The molecule has 5 aliphatic heterocycles. The molecule has 442 valence electrons. The van der Waals surface area contributed by atoms with E-state index < -0.39 is 17.8 Å². The van der Waals surface area contributed by atoms with Gasteiger partial charge in [-0.1, -0.05) is 58.0 Å². The second-order valence-corrected chi connectivity index (χ2v) is 25.1. The fraction of sp³-hybridized carbons (Fsp3) is 0.422. The Balaban J connectivity index is 0.886. The molecule has 5 aromatic rings. The van der Waals surface area contributed by atoms with Crippen molar-refractivity contribution in [3.63, 3.8) is 0 Å². The van der Waals surface area contributed by atoms with Gasteiger partial charge in [0.1, 0.15) is 19.0 Å². The number of rotatable bonds is 27. The van der Waals surface area contributed by atoms with Gasteiger partial charge in [0, 0.05) is 97.2 Å². The highest BCUT2D eigenvalue weighted by Crippen LogP contribution is 2.43. The number of carbonyl (C=O) groups is 6. The average molecular weight is 1180 g/mol. The monoisotopic (exact) mass is 1180 g/mol. The van der Waals surface area contributed by atoms with Crippen molar-refractivity contribution in [3.8, 4) is 17.2 Å². The van der Waals surface area contributed by atoms with Crippen molar-refractivity contribution in [2.45, 2.75) is 115 Å². The van der Waals surface area contributed by atoms with Gasteiger partial charge in [-0.05, 0) is 135 Å². The molecule has 5 aromatic carbocycles. The molecule has 0 N–H and O–H groups in total. The number of anilines is 3. The minimum atomic E-state index is -0.635. The molecular formula is C64H71N5O13S2. The lowest BCUT2D eigenvalue weighted by Gasteiger charge is -2.27. The molecule has 18 nitrogen and oxygen atoms in total. The van der Waals surface area contributed by atoms with E-state index in [0.717, 1.165) is 58.5 Å². The fourth-order valence-corrected chi connectivity index (χ4v) is 13.8. The van der Waals surface area contributed by atoms with E-state index in [9.17, 15) is 28.8 Å². The first kappa shape index (κ1) is 59.9. The molecule has 2 atom stereocenters. The summed E-state index contributed by atoms with van der Waals surface area (Å²) in [6.45, 7) is 8.27. The zero-order valence-corrected chi connectivity index (χ0v) is 49.8. The average Bonchev–Trinajstić information content (AvgIpc) is 3.82. The first-order valence-electron chi connectivity index (χ1n) is 28.6. The summed E-state index contributed by atoms with van der Waals surface area (Å²) in [5, 5.41) is 0.567. The predicted octanol–water partition coefficient (Wildman–Crippen LogP) is 10.3. The molecule has 5 amide bonds. The van der Waals surface area contributed by atoms with E-state index in [-0.39, 0.29) is 86.6 Å². The van der Waals surface area contributed by atoms with E-state index >= 15 is 0 Å². The molecule has 1 unspecified atom stereocenters. The smallest absolute Gasteiger partial charge is 0.333 e. The van der Waals surface area contributed by atoms with Gasteiger partial charge in [-0.15, -0.1) is 5.06 Å². The Hall–Kier alpha value is -7.23. The summed E-state index contributed by atoms with van der Waals surface area (Å²) in [5.41, 5.74) is 9.52. The van der Waals surface area contributed by atoms with E-state index in [2.05, 4.69) is 19.9 Å². The highest BCUT2D eigenvalue weighted by molar-refractivity contribution is 8.77. The van der Waals surface area contributed by atoms with Crippen molar-refractivity contribution in [2.75, 3.05) is 74.3 Å². The van der Waals surface area contributed by atoms with Crippen LogP contribution in [0.25, 0.3) is 0 Å². The number of carbonyl (C=O) groups excluding carboxylic acids is 6. The Labute approximate surface area is 497 Å². The topological polar surface area (TPSA) is 192 Å². The molecule has 5 heterocycles. The van der Waals surface area contributed by atoms with Crippen molar-refractivity contribution in [3.05, 3.63) is 136 Å². The van der Waals surface area contributed by atoms with Crippen LogP contribution in [-0.2, 0) is 70.7 Å². The Bertz CT molecular complexity index is 3320. The van der Waals surface area contributed by atoms with Gasteiger partial charge in [0.05, 0.1) is 57.4 Å². The number of hydrogen-bond acceptors (Lipinski definition) is 16. The third-order valence-electron chi connectivity index (χ3n) is 15.5. The van der Waals surface area contributed by atoms with Crippen LogP contribution in [0.3, 0.4) is 0 Å². The van der Waals surface area contributed by atoms with Crippen LogP contribution in [0.15, 0.2) is 96.0 Å². The summed E-state index contributed by atoms with van der Waals surface area (Å²) in [7, 11) is 6.35. The van der Waals surface area contributed by atoms with Crippen molar-refractivity contribution in [1.82, 2.24) is 5.06 Å². The first-order chi connectivity index (χ1) is 40.7. The number of nitrogens with zero attached hydrogens (tertiary/aromatic N) is 5. The van der Waals surface area contributed by atoms with Crippen LogP contribution in [0.4, 0.5) is 22.7 Å². The summed E-state index contributed by atoms with van der Waals surface area (Å²) in [4.78, 5) is 94.9. The number of aryl methyl sites for hydroxylation is 2. The van der Waals surface area contributed by atoms with Crippen LogP contribution in [0.2, 0.25) is 0 Å². The lowest BCUT2D eigenvalue weighted by atomic mass is 9.98. The number of ether oxygens (including phenoxy) is 6. The number of para-hydroxylation sites is 2. The molecule has 0 saturated carbocycles.